The Bertz CT molecular complexity index is 444. The van der Waals surface area contributed by atoms with Gasteiger partial charge in [-0.1, -0.05) is 6.92 Å². The monoisotopic (exact) mass is 294 g/mol. The molecule has 21 heavy (non-hydrogen) atoms. The van der Waals surface area contributed by atoms with E-state index in [0.717, 1.165) is 51.9 Å². The predicted molar refractivity (Wildman–Crippen MR) is 78.6 cm³/mol. The average molecular weight is 294 g/mol. The van der Waals surface area contributed by atoms with Gasteiger partial charge in [0, 0.05) is 51.5 Å². The van der Waals surface area contributed by atoms with Crippen molar-refractivity contribution in [2.75, 3.05) is 33.3 Å². The summed E-state index contributed by atoms with van der Waals surface area (Å²) in [7, 11) is 1.75. The van der Waals surface area contributed by atoms with Crippen molar-refractivity contribution in [3.8, 4) is 0 Å². The Hall–Kier alpha value is -1.10. The van der Waals surface area contributed by atoms with E-state index in [9.17, 15) is 9.59 Å². The molecule has 1 saturated carbocycles. The van der Waals surface area contributed by atoms with Gasteiger partial charge < -0.3 is 14.5 Å². The molecular weight excluding hydrogens is 268 g/mol. The Balaban J connectivity index is 1.50. The lowest BCUT2D eigenvalue weighted by molar-refractivity contribution is -0.163. The second kappa shape index (κ2) is 4.97. The van der Waals surface area contributed by atoms with Gasteiger partial charge in [0.25, 0.3) is 0 Å². The third kappa shape index (κ3) is 2.35. The third-order valence-corrected chi connectivity index (χ3v) is 5.91. The molecule has 0 N–H and O–H groups in total. The quantitative estimate of drug-likeness (QED) is 0.787. The van der Waals surface area contributed by atoms with Crippen molar-refractivity contribution >= 4 is 11.8 Å². The molecule has 2 saturated heterocycles. The second-order valence-corrected chi connectivity index (χ2v) is 7.23. The van der Waals surface area contributed by atoms with Crippen molar-refractivity contribution in [2.45, 2.75) is 45.1 Å². The fourth-order valence-electron chi connectivity index (χ4n) is 4.30. The highest BCUT2D eigenvalue weighted by atomic mass is 16.5. The molecule has 1 spiro atoms. The first kappa shape index (κ1) is 14.8. The zero-order chi connectivity index (χ0) is 15.3. The van der Waals surface area contributed by atoms with Crippen LogP contribution in [0.5, 0.6) is 0 Å². The van der Waals surface area contributed by atoms with Crippen molar-refractivity contribution in [1.29, 1.82) is 0 Å². The van der Waals surface area contributed by atoms with Gasteiger partial charge >= 0.3 is 0 Å². The standard InChI is InChI=1S/C16H26N2O3/c1-4-16(21-3)5-6-17(11-16)14(20)13-7-15(8-13)9-18(10-15)12(2)19/h13H,4-11H2,1-3H3. The highest BCUT2D eigenvalue weighted by molar-refractivity contribution is 5.81. The van der Waals surface area contributed by atoms with Gasteiger partial charge in [-0.15, -0.1) is 0 Å². The van der Waals surface area contributed by atoms with E-state index in [1.807, 2.05) is 9.80 Å². The molecule has 2 amide bonds. The number of rotatable bonds is 3. The van der Waals surface area contributed by atoms with E-state index in [0.29, 0.717) is 5.91 Å². The van der Waals surface area contributed by atoms with Gasteiger partial charge in [-0.05, 0) is 25.7 Å². The first-order chi connectivity index (χ1) is 9.92. The minimum absolute atomic E-state index is 0.126. The minimum Gasteiger partial charge on any atom is -0.376 e. The normalized spacial score (nSPS) is 31.2. The molecule has 0 radical (unpaired) electrons. The van der Waals surface area contributed by atoms with E-state index in [2.05, 4.69) is 6.92 Å². The lowest BCUT2D eigenvalue weighted by atomic mass is 9.57. The van der Waals surface area contributed by atoms with E-state index in [1.165, 1.54) is 0 Å². The van der Waals surface area contributed by atoms with Crippen molar-refractivity contribution in [3.63, 3.8) is 0 Å². The SMILES string of the molecule is CCC1(OC)CCN(C(=O)C2CC3(C2)CN(C(C)=O)C3)C1. The molecule has 2 aliphatic heterocycles. The molecule has 0 aromatic rings. The van der Waals surface area contributed by atoms with Crippen LogP contribution >= 0.6 is 0 Å². The molecule has 5 nitrogen and oxygen atoms in total. The van der Waals surface area contributed by atoms with Gasteiger partial charge in [0.05, 0.1) is 5.60 Å². The molecule has 0 aromatic heterocycles. The number of likely N-dealkylation sites (tertiary alicyclic amines) is 2. The molecule has 1 aliphatic carbocycles. The van der Waals surface area contributed by atoms with Gasteiger partial charge in [-0.3, -0.25) is 9.59 Å². The minimum atomic E-state index is -0.126. The van der Waals surface area contributed by atoms with Crippen LogP contribution < -0.4 is 0 Å². The lowest BCUT2D eigenvalue weighted by Crippen LogP contribution is -2.65. The van der Waals surface area contributed by atoms with Gasteiger partial charge in [0.1, 0.15) is 0 Å². The van der Waals surface area contributed by atoms with Crippen LogP contribution in [-0.2, 0) is 14.3 Å². The van der Waals surface area contributed by atoms with Crippen LogP contribution in [-0.4, -0.2) is 60.5 Å². The Morgan fingerprint density at radius 2 is 1.86 bits per heavy atom. The average Bonchev–Trinajstić information content (AvgIpc) is 2.80. The molecule has 3 rings (SSSR count). The molecule has 0 bridgehead atoms. The first-order valence-corrected chi connectivity index (χ1v) is 8.02. The van der Waals surface area contributed by atoms with E-state index >= 15 is 0 Å². The highest BCUT2D eigenvalue weighted by Gasteiger charge is 2.56. The number of methoxy groups -OCH3 is 1. The molecule has 118 valence electrons. The summed E-state index contributed by atoms with van der Waals surface area (Å²) in [6.45, 7) is 7.01. The summed E-state index contributed by atoms with van der Waals surface area (Å²) in [5.41, 5.74) is 0.133. The van der Waals surface area contributed by atoms with Crippen LogP contribution in [0.15, 0.2) is 0 Å². The van der Waals surface area contributed by atoms with Gasteiger partial charge in [-0.25, -0.2) is 0 Å². The third-order valence-electron chi connectivity index (χ3n) is 5.91. The van der Waals surface area contributed by atoms with E-state index in [-0.39, 0.29) is 22.8 Å². The van der Waals surface area contributed by atoms with Crippen LogP contribution in [0.3, 0.4) is 0 Å². The molecule has 5 heteroatoms. The Labute approximate surface area is 126 Å². The number of hydrogen-bond acceptors (Lipinski definition) is 3. The summed E-state index contributed by atoms with van der Waals surface area (Å²) in [6, 6.07) is 0. The lowest BCUT2D eigenvalue weighted by Gasteiger charge is -2.58. The van der Waals surface area contributed by atoms with Crippen LogP contribution in [0.2, 0.25) is 0 Å². The number of nitrogens with zero attached hydrogens (tertiary/aromatic N) is 2. The van der Waals surface area contributed by atoms with Gasteiger partial charge in [-0.2, -0.15) is 0 Å². The zero-order valence-electron chi connectivity index (χ0n) is 13.4. The van der Waals surface area contributed by atoms with E-state index in [4.69, 9.17) is 4.74 Å². The fourth-order valence-corrected chi connectivity index (χ4v) is 4.30. The number of carbonyl (C=O) groups is 2. The van der Waals surface area contributed by atoms with Gasteiger partial charge in [0.15, 0.2) is 0 Å². The number of amides is 2. The molecule has 1 atom stereocenters. The van der Waals surface area contributed by atoms with Crippen LogP contribution in [0, 0.1) is 11.3 Å². The van der Waals surface area contributed by atoms with Crippen molar-refractivity contribution in [1.82, 2.24) is 9.80 Å². The summed E-state index contributed by atoms with van der Waals surface area (Å²) in [5, 5.41) is 0. The van der Waals surface area contributed by atoms with E-state index in [1.54, 1.807) is 14.0 Å². The van der Waals surface area contributed by atoms with Crippen LogP contribution in [0.1, 0.15) is 39.5 Å². The molecule has 3 fully saturated rings. The summed E-state index contributed by atoms with van der Waals surface area (Å²) < 4.78 is 5.64. The fraction of sp³-hybridized carbons (Fsp3) is 0.875. The summed E-state index contributed by atoms with van der Waals surface area (Å²) in [6.07, 6.45) is 3.81. The Morgan fingerprint density at radius 3 is 2.33 bits per heavy atom. The maximum Gasteiger partial charge on any atom is 0.225 e. The zero-order valence-corrected chi connectivity index (χ0v) is 13.4. The summed E-state index contributed by atoms with van der Waals surface area (Å²) in [5.74, 6) is 0.626. The topological polar surface area (TPSA) is 49.9 Å². The summed E-state index contributed by atoms with van der Waals surface area (Å²) >= 11 is 0. The van der Waals surface area contributed by atoms with Crippen molar-refractivity contribution < 1.29 is 14.3 Å². The first-order valence-electron chi connectivity index (χ1n) is 8.02. The molecule has 3 aliphatic rings. The molecule has 1 unspecified atom stereocenters. The Morgan fingerprint density at radius 1 is 1.19 bits per heavy atom. The largest absolute Gasteiger partial charge is 0.376 e. The number of ether oxygens (including phenoxy) is 1. The van der Waals surface area contributed by atoms with Crippen LogP contribution in [0.25, 0.3) is 0 Å². The maximum absolute atomic E-state index is 12.6. The predicted octanol–water partition coefficient (Wildman–Crippen LogP) is 1.27. The second-order valence-electron chi connectivity index (χ2n) is 7.23. The number of hydrogen-bond donors (Lipinski definition) is 0. The maximum atomic E-state index is 12.6. The summed E-state index contributed by atoms with van der Waals surface area (Å²) in [4.78, 5) is 27.7. The number of carbonyl (C=O) groups excluding carboxylic acids is 2. The molecule has 0 aromatic carbocycles. The Kier molecular flexibility index (Phi) is 3.51. The smallest absolute Gasteiger partial charge is 0.225 e. The highest BCUT2D eigenvalue weighted by Crippen LogP contribution is 2.52. The molecule has 2 heterocycles. The molecular formula is C16H26N2O3. The van der Waals surface area contributed by atoms with Crippen molar-refractivity contribution in [2.24, 2.45) is 11.3 Å². The van der Waals surface area contributed by atoms with E-state index < -0.39 is 0 Å². The van der Waals surface area contributed by atoms with Crippen molar-refractivity contribution in [3.05, 3.63) is 0 Å². The van der Waals surface area contributed by atoms with Crippen LogP contribution in [0.4, 0.5) is 0 Å². The van der Waals surface area contributed by atoms with Gasteiger partial charge in [0.2, 0.25) is 11.8 Å².